The van der Waals surface area contributed by atoms with Gasteiger partial charge in [0, 0.05) is 24.5 Å². The molecular formula is C11H10N6. The first-order valence-corrected chi connectivity index (χ1v) is 5.20. The maximum atomic E-state index is 4.01. The minimum atomic E-state index is 0.610. The molecule has 3 rings (SSSR count). The molecule has 17 heavy (non-hydrogen) atoms. The van der Waals surface area contributed by atoms with E-state index in [9.17, 15) is 0 Å². The van der Waals surface area contributed by atoms with Crippen LogP contribution in [0.25, 0.3) is 11.4 Å². The number of rotatable bonds is 3. The van der Waals surface area contributed by atoms with Crippen molar-refractivity contribution in [3.8, 4) is 11.4 Å². The van der Waals surface area contributed by atoms with Crippen LogP contribution in [0.3, 0.4) is 0 Å². The lowest BCUT2D eigenvalue weighted by Crippen LogP contribution is -1.96. The zero-order chi connectivity index (χ0) is 11.5. The van der Waals surface area contributed by atoms with Crippen LogP contribution in [0, 0.1) is 0 Å². The topological polar surface area (TPSA) is 72.3 Å². The lowest BCUT2D eigenvalue weighted by molar-refractivity contribution is 0.797. The van der Waals surface area contributed by atoms with Crippen molar-refractivity contribution in [3.05, 3.63) is 48.5 Å². The third-order valence-corrected chi connectivity index (χ3v) is 2.48. The van der Waals surface area contributed by atoms with Crippen molar-refractivity contribution in [2.75, 3.05) is 0 Å². The number of aromatic amines is 1. The second kappa shape index (κ2) is 4.17. The summed E-state index contributed by atoms with van der Waals surface area (Å²) in [5.74, 6) is 0.610. The minimum Gasteiger partial charge on any atom is -0.333 e. The largest absolute Gasteiger partial charge is 0.333 e. The summed E-state index contributed by atoms with van der Waals surface area (Å²) in [6, 6.07) is 8.06. The van der Waals surface area contributed by atoms with Crippen molar-refractivity contribution in [1.29, 1.82) is 0 Å². The van der Waals surface area contributed by atoms with E-state index in [-0.39, 0.29) is 0 Å². The smallest absolute Gasteiger partial charge is 0.204 e. The summed E-state index contributed by atoms with van der Waals surface area (Å²) in [5.41, 5.74) is 2.16. The monoisotopic (exact) mass is 226 g/mol. The first-order valence-electron chi connectivity index (χ1n) is 5.20. The molecule has 84 valence electrons. The molecule has 0 aliphatic heterocycles. The number of hydrogen-bond donors (Lipinski definition) is 1. The Morgan fingerprint density at radius 3 is 2.71 bits per heavy atom. The predicted molar refractivity (Wildman–Crippen MR) is 60.9 cm³/mol. The fourth-order valence-electron chi connectivity index (χ4n) is 1.63. The maximum absolute atomic E-state index is 4.01. The van der Waals surface area contributed by atoms with Crippen LogP contribution in [0.1, 0.15) is 5.56 Å². The van der Waals surface area contributed by atoms with E-state index in [0.717, 1.165) is 12.1 Å². The Hall–Kier alpha value is -2.50. The molecule has 0 bridgehead atoms. The number of imidazole rings is 1. The molecule has 3 aromatic rings. The van der Waals surface area contributed by atoms with Gasteiger partial charge in [0.05, 0.1) is 6.33 Å². The average Bonchev–Trinajstić information content (AvgIpc) is 3.01. The number of tetrazole rings is 1. The van der Waals surface area contributed by atoms with Crippen molar-refractivity contribution in [1.82, 2.24) is 30.2 Å². The van der Waals surface area contributed by atoms with E-state index in [1.54, 1.807) is 12.5 Å². The first-order chi connectivity index (χ1) is 8.42. The van der Waals surface area contributed by atoms with Crippen molar-refractivity contribution >= 4 is 0 Å². The van der Waals surface area contributed by atoms with Crippen LogP contribution >= 0.6 is 0 Å². The lowest BCUT2D eigenvalue weighted by atomic mass is 10.1. The van der Waals surface area contributed by atoms with Crippen LogP contribution in [-0.2, 0) is 6.54 Å². The third-order valence-electron chi connectivity index (χ3n) is 2.48. The fourth-order valence-corrected chi connectivity index (χ4v) is 1.63. The second-order valence-electron chi connectivity index (χ2n) is 3.67. The Bertz CT molecular complexity index is 567. The molecule has 0 saturated heterocycles. The summed E-state index contributed by atoms with van der Waals surface area (Å²) >= 11 is 0. The standard InChI is InChI=1S/C11H10N6/c1-3-10(11-13-15-16-14-11)4-2-9(1)7-17-6-5-12-8-17/h1-6,8H,7H2,(H,13,14,15,16). The van der Waals surface area contributed by atoms with Crippen molar-refractivity contribution in [2.45, 2.75) is 6.54 Å². The third kappa shape index (κ3) is 2.05. The number of benzene rings is 1. The Balaban J connectivity index is 1.81. The zero-order valence-electron chi connectivity index (χ0n) is 8.98. The summed E-state index contributed by atoms with van der Waals surface area (Å²) in [6.45, 7) is 0.812. The number of nitrogens with zero attached hydrogens (tertiary/aromatic N) is 5. The highest BCUT2D eigenvalue weighted by molar-refractivity contribution is 5.54. The van der Waals surface area contributed by atoms with Gasteiger partial charge in [-0.15, -0.1) is 10.2 Å². The Kier molecular flexibility index (Phi) is 2.38. The van der Waals surface area contributed by atoms with Gasteiger partial charge in [-0.25, -0.2) is 4.98 Å². The van der Waals surface area contributed by atoms with Crippen LogP contribution in [0.5, 0.6) is 0 Å². The Morgan fingerprint density at radius 1 is 1.18 bits per heavy atom. The van der Waals surface area contributed by atoms with Gasteiger partial charge < -0.3 is 4.57 Å². The number of nitrogens with one attached hydrogen (secondary N) is 1. The molecule has 0 unspecified atom stereocenters. The molecule has 2 heterocycles. The summed E-state index contributed by atoms with van der Waals surface area (Å²) < 4.78 is 2.02. The maximum Gasteiger partial charge on any atom is 0.204 e. The van der Waals surface area contributed by atoms with Gasteiger partial charge in [-0.2, -0.15) is 5.21 Å². The lowest BCUT2D eigenvalue weighted by Gasteiger charge is -2.02. The summed E-state index contributed by atoms with van der Waals surface area (Å²) in [7, 11) is 0. The van der Waals surface area contributed by atoms with Gasteiger partial charge in [0.15, 0.2) is 0 Å². The SMILES string of the molecule is c1cn(Cc2ccc(-c3nn[nH]n3)cc2)cn1. The first kappa shape index (κ1) is 9.71. The van der Waals surface area contributed by atoms with Gasteiger partial charge in [-0.1, -0.05) is 24.3 Å². The average molecular weight is 226 g/mol. The molecule has 1 aromatic carbocycles. The molecule has 1 N–H and O–H groups in total. The molecule has 0 spiro atoms. The van der Waals surface area contributed by atoms with Gasteiger partial charge in [-0.05, 0) is 10.8 Å². The molecule has 0 atom stereocenters. The van der Waals surface area contributed by atoms with Crippen LogP contribution in [-0.4, -0.2) is 30.2 Å². The summed E-state index contributed by atoms with van der Waals surface area (Å²) in [4.78, 5) is 4.01. The molecule has 0 fully saturated rings. The van der Waals surface area contributed by atoms with Crippen LogP contribution in [0.2, 0.25) is 0 Å². The molecule has 2 aromatic heterocycles. The molecule has 6 nitrogen and oxygen atoms in total. The van der Waals surface area contributed by atoms with E-state index in [1.807, 2.05) is 35.0 Å². The summed E-state index contributed by atoms with van der Waals surface area (Å²) in [5, 5.41) is 13.8. The van der Waals surface area contributed by atoms with E-state index < -0.39 is 0 Å². The normalized spacial score (nSPS) is 10.6. The van der Waals surface area contributed by atoms with E-state index >= 15 is 0 Å². The molecule has 0 aliphatic carbocycles. The number of aromatic nitrogens is 6. The molecule has 6 heteroatoms. The van der Waals surface area contributed by atoms with Gasteiger partial charge >= 0.3 is 0 Å². The van der Waals surface area contributed by atoms with Gasteiger partial charge in [-0.3, -0.25) is 0 Å². The summed E-state index contributed by atoms with van der Waals surface area (Å²) in [6.07, 6.45) is 5.51. The Morgan fingerprint density at radius 2 is 2.06 bits per heavy atom. The van der Waals surface area contributed by atoms with Crippen LogP contribution in [0.15, 0.2) is 43.0 Å². The fraction of sp³-hybridized carbons (Fsp3) is 0.0909. The predicted octanol–water partition coefficient (Wildman–Crippen LogP) is 1.11. The van der Waals surface area contributed by atoms with E-state index in [1.165, 1.54) is 5.56 Å². The van der Waals surface area contributed by atoms with Crippen LogP contribution in [0.4, 0.5) is 0 Å². The van der Waals surface area contributed by atoms with Crippen molar-refractivity contribution in [3.63, 3.8) is 0 Å². The van der Waals surface area contributed by atoms with E-state index in [0.29, 0.717) is 5.82 Å². The second-order valence-corrected chi connectivity index (χ2v) is 3.67. The van der Waals surface area contributed by atoms with Crippen molar-refractivity contribution < 1.29 is 0 Å². The quantitative estimate of drug-likeness (QED) is 0.726. The van der Waals surface area contributed by atoms with Gasteiger partial charge in [0.25, 0.3) is 0 Å². The number of hydrogen-bond acceptors (Lipinski definition) is 4. The Labute approximate surface area is 97.3 Å². The van der Waals surface area contributed by atoms with E-state index in [4.69, 9.17) is 0 Å². The molecule has 0 amide bonds. The zero-order valence-corrected chi connectivity index (χ0v) is 8.98. The molecule has 0 aliphatic rings. The molecule has 0 radical (unpaired) electrons. The van der Waals surface area contributed by atoms with E-state index in [2.05, 4.69) is 25.6 Å². The molecular weight excluding hydrogens is 216 g/mol. The van der Waals surface area contributed by atoms with Crippen molar-refractivity contribution in [2.24, 2.45) is 0 Å². The van der Waals surface area contributed by atoms with Gasteiger partial charge in [0.1, 0.15) is 0 Å². The van der Waals surface area contributed by atoms with Crippen LogP contribution < -0.4 is 0 Å². The number of H-pyrrole nitrogens is 1. The minimum absolute atomic E-state index is 0.610. The highest BCUT2D eigenvalue weighted by Crippen LogP contribution is 2.14. The molecule has 0 saturated carbocycles. The van der Waals surface area contributed by atoms with Gasteiger partial charge in [0.2, 0.25) is 5.82 Å². The highest BCUT2D eigenvalue weighted by Gasteiger charge is 2.02. The highest BCUT2D eigenvalue weighted by atomic mass is 15.5.